The molecule has 7 heteroatoms. The van der Waals surface area contributed by atoms with Crippen LogP contribution >= 0.6 is 24.0 Å². The van der Waals surface area contributed by atoms with Crippen molar-refractivity contribution in [3.05, 3.63) is 59.7 Å². The van der Waals surface area contributed by atoms with Crippen LogP contribution in [0.5, 0.6) is 11.5 Å². The van der Waals surface area contributed by atoms with Gasteiger partial charge in [0.2, 0.25) is 0 Å². The van der Waals surface area contributed by atoms with Crippen molar-refractivity contribution in [1.29, 1.82) is 0 Å². The summed E-state index contributed by atoms with van der Waals surface area (Å²) in [5.74, 6) is 3.01. The summed E-state index contributed by atoms with van der Waals surface area (Å²) in [5, 5.41) is 3.49. The van der Waals surface area contributed by atoms with E-state index in [1.54, 1.807) is 14.2 Å². The molecule has 31 heavy (non-hydrogen) atoms. The Bertz CT molecular complexity index is 817. The molecule has 1 fully saturated rings. The average molecular weight is 539 g/mol. The first-order chi connectivity index (χ1) is 14.7. The SMILES string of the molecule is CN=C(NCCc1ccc(OC)c(OC)c1)N1CCC(COCc2ccccc2)C1.I. The zero-order valence-corrected chi connectivity index (χ0v) is 21.0. The minimum absolute atomic E-state index is 0. The number of aliphatic imine (C=N–C) groups is 1. The third-order valence-corrected chi connectivity index (χ3v) is 5.41. The maximum Gasteiger partial charge on any atom is 0.193 e. The zero-order valence-electron chi connectivity index (χ0n) is 18.7. The summed E-state index contributed by atoms with van der Waals surface area (Å²) in [6.07, 6.45) is 2.02. The van der Waals surface area contributed by atoms with Gasteiger partial charge in [-0.15, -0.1) is 24.0 Å². The Kier molecular flexibility index (Phi) is 10.9. The van der Waals surface area contributed by atoms with Crippen molar-refractivity contribution in [1.82, 2.24) is 10.2 Å². The molecule has 1 atom stereocenters. The molecule has 0 aromatic heterocycles. The number of ether oxygens (including phenoxy) is 3. The molecule has 1 saturated heterocycles. The Balaban J connectivity index is 0.00000341. The third kappa shape index (κ3) is 7.57. The van der Waals surface area contributed by atoms with Gasteiger partial charge >= 0.3 is 0 Å². The fraction of sp³-hybridized carbons (Fsp3) is 0.458. The van der Waals surface area contributed by atoms with Crippen LogP contribution in [0, 0.1) is 5.92 Å². The number of hydrogen-bond donors (Lipinski definition) is 1. The molecule has 2 aromatic carbocycles. The van der Waals surface area contributed by atoms with Gasteiger partial charge in [-0.25, -0.2) is 0 Å². The Labute approximate surface area is 203 Å². The summed E-state index contributed by atoms with van der Waals surface area (Å²) >= 11 is 0. The van der Waals surface area contributed by atoms with E-state index in [9.17, 15) is 0 Å². The van der Waals surface area contributed by atoms with Crippen molar-refractivity contribution in [2.24, 2.45) is 10.9 Å². The molecule has 1 heterocycles. The second-order valence-corrected chi connectivity index (χ2v) is 7.51. The lowest BCUT2D eigenvalue weighted by Crippen LogP contribution is -2.41. The van der Waals surface area contributed by atoms with Crippen molar-refractivity contribution in [2.75, 3.05) is 47.5 Å². The number of hydrogen-bond acceptors (Lipinski definition) is 4. The lowest BCUT2D eigenvalue weighted by molar-refractivity contribution is 0.0907. The van der Waals surface area contributed by atoms with Gasteiger partial charge in [-0.1, -0.05) is 36.4 Å². The molecule has 3 rings (SSSR count). The van der Waals surface area contributed by atoms with Gasteiger partial charge < -0.3 is 24.4 Å². The van der Waals surface area contributed by atoms with E-state index < -0.39 is 0 Å². The number of rotatable bonds is 9. The Hall–Kier alpha value is -2.00. The van der Waals surface area contributed by atoms with Gasteiger partial charge in [0.15, 0.2) is 17.5 Å². The van der Waals surface area contributed by atoms with E-state index in [2.05, 4.69) is 33.4 Å². The Morgan fingerprint density at radius 1 is 1.06 bits per heavy atom. The highest BCUT2D eigenvalue weighted by Gasteiger charge is 2.24. The minimum Gasteiger partial charge on any atom is -0.493 e. The first-order valence-electron chi connectivity index (χ1n) is 10.5. The molecule has 2 aromatic rings. The van der Waals surface area contributed by atoms with E-state index in [1.807, 2.05) is 37.4 Å². The molecule has 1 aliphatic heterocycles. The number of benzene rings is 2. The van der Waals surface area contributed by atoms with Gasteiger partial charge in [-0.3, -0.25) is 4.99 Å². The Morgan fingerprint density at radius 2 is 1.84 bits per heavy atom. The van der Waals surface area contributed by atoms with Crippen LogP contribution in [0.1, 0.15) is 17.5 Å². The number of nitrogens with zero attached hydrogens (tertiary/aromatic N) is 2. The van der Waals surface area contributed by atoms with Crippen LogP contribution in [0.25, 0.3) is 0 Å². The standard InChI is InChI=1S/C24H33N3O3.HI/c1-25-24(26-13-11-19-9-10-22(28-2)23(15-19)29-3)27-14-12-21(16-27)18-30-17-20-7-5-4-6-8-20;/h4-10,15,21H,11-14,16-18H2,1-3H3,(H,25,26);1H. The smallest absolute Gasteiger partial charge is 0.193 e. The van der Waals surface area contributed by atoms with Crippen LogP contribution in [-0.4, -0.2) is 58.4 Å². The lowest BCUT2D eigenvalue weighted by Gasteiger charge is -2.22. The number of halogens is 1. The molecule has 0 radical (unpaired) electrons. The Morgan fingerprint density at radius 3 is 2.55 bits per heavy atom. The molecule has 0 amide bonds. The van der Waals surface area contributed by atoms with Gasteiger partial charge in [0.25, 0.3) is 0 Å². The van der Waals surface area contributed by atoms with Crippen molar-refractivity contribution in [3.63, 3.8) is 0 Å². The van der Waals surface area contributed by atoms with E-state index in [0.29, 0.717) is 12.5 Å². The molecule has 0 aliphatic carbocycles. The topological polar surface area (TPSA) is 55.3 Å². The van der Waals surface area contributed by atoms with E-state index >= 15 is 0 Å². The van der Waals surface area contributed by atoms with Gasteiger partial charge in [0.1, 0.15) is 0 Å². The van der Waals surface area contributed by atoms with Crippen LogP contribution in [0.4, 0.5) is 0 Å². The van der Waals surface area contributed by atoms with E-state index in [-0.39, 0.29) is 24.0 Å². The van der Waals surface area contributed by atoms with E-state index in [4.69, 9.17) is 14.2 Å². The van der Waals surface area contributed by atoms with Crippen LogP contribution in [0.15, 0.2) is 53.5 Å². The fourth-order valence-corrected chi connectivity index (χ4v) is 3.77. The zero-order chi connectivity index (χ0) is 21.2. The van der Waals surface area contributed by atoms with Gasteiger partial charge in [-0.2, -0.15) is 0 Å². The molecular formula is C24H34IN3O3. The highest BCUT2D eigenvalue weighted by atomic mass is 127. The normalized spacial score (nSPS) is 16.0. The summed E-state index contributed by atoms with van der Waals surface area (Å²) in [7, 11) is 5.16. The summed E-state index contributed by atoms with van der Waals surface area (Å²) in [6.45, 7) is 4.26. The first kappa shape index (κ1) is 25.3. The average Bonchev–Trinajstić information content (AvgIpc) is 3.26. The van der Waals surface area contributed by atoms with Crippen LogP contribution in [0.3, 0.4) is 0 Å². The largest absolute Gasteiger partial charge is 0.493 e. The number of guanidine groups is 1. The summed E-state index contributed by atoms with van der Waals surface area (Å²) in [4.78, 5) is 6.80. The monoisotopic (exact) mass is 539 g/mol. The second-order valence-electron chi connectivity index (χ2n) is 7.51. The van der Waals surface area contributed by atoms with Gasteiger partial charge in [-0.05, 0) is 36.1 Å². The first-order valence-corrected chi connectivity index (χ1v) is 10.5. The van der Waals surface area contributed by atoms with Gasteiger partial charge in [0, 0.05) is 32.6 Å². The summed E-state index contributed by atoms with van der Waals surface area (Å²) in [5.41, 5.74) is 2.42. The molecule has 6 nitrogen and oxygen atoms in total. The summed E-state index contributed by atoms with van der Waals surface area (Å²) in [6, 6.07) is 16.4. The highest BCUT2D eigenvalue weighted by Crippen LogP contribution is 2.27. The van der Waals surface area contributed by atoms with Crippen LogP contribution < -0.4 is 14.8 Å². The predicted octanol–water partition coefficient (Wildman–Crippen LogP) is 3.98. The number of likely N-dealkylation sites (tertiary alicyclic amines) is 1. The molecule has 1 aliphatic rings. The molecule has 0 spiro atoms. The van der Waals surface area contributed by atoms with Crippen molar-refractivity contribution < 1.29 is 14.2 Å². The molecule has 170 valence electrons. The second kappa shape index (κ2) is 13.4. The van der Waals surface area contributed by atoms with Crippen LogP contribution in [0.2, 0.25) is 0 Å². The molecule has 1 unspecified atom stereocenters. The maximum atomic E-state index is 5.94. The maximum absolute atomic E-state index is 5.94. The lowest BCUT2D eigenvalue weighted by atomic mass is 10.1. The fourth-order valence-electron chi connectivity index (χ4n) is 3.77. The highest BCUT2D eigenvalue weighted by molar-refractivity contribution is 14.0. The predicted molar refractivity (Wildman–Crippen MR) is 136 cm³/mol. The van der Waals surface area contributed by atoms with Crippen molar-refractivity contribution >= 4 is 29.9 Å². The molecule has 0 bridgehead atoms. The number of methoxy groups -OCH3 is 2. The molecule has 0 saturated carbocycles. The van der Waals surface area contributed by atoms with Crippen molar-refractivity contribution in [2.45, 2.75) is 19.4 Å². The molecular weight excluding hydrogens is 505 g/mol. The summed E-state index contributed by atoms with van der Waals surface area (Å²) < 4.78 is 16.6. The van der Waals surface area contributed by atoms with Crippen molar-refractivity contribution in [3.8, 4) is 11.5 Å². The van der Waals surface area contributed by atoms with Gasteiger partial charge in [0.05, 0.1) is 27.4 Å². The van der Waals surface area contributed by atoms with E-state index in [0.717, 1.165) is 56.5 Å². The minimum atomic E-state index is 0. The molecule has 1 N–H and O–H groups in total. The third-order valence-electron chi connectivity index (χ3n) is 5.41. The van der Waals surface area contributed by atoms with E-state index in [1.165, 1.54) is 11.1 Å². The number of nitrogens with one attached hydrogen (secondary N) is 1. The quantitative estimate of drug-likeness (QED) is 0.297. The van der Waals surface area contributed by atoms with Crippen LogP contribution in [-0.2, 0) is 17.8 Å².